The van der Waals surface area contributed by atoms with Gasteiger partial charge < -0.3 is 4.42 Å². The van der Waals surface area contributed by atoms with E-state index in [1.807, 2.05) is 0 Å². The van der Waals surface area contributed by atoms with Crippen LogP contribution in [0.2, 0.25) is 0 Å². The molecule has 0 saturated carbocycles. The Morgan fingerprint density at radius 2 is 2.44 bits per heavy atom. The molecule has 3 nitrogen and oxygen atoms in total. The van der Waals surface area contributed by atoms with Gasteiger partial charge in [0.15, 0.2) is 6.39 Å². The fourth-order valence-corrected chi connectivity index (χ4v) is 3.38. The molecule has 1 aromatic rings. The summed E-state index contributed by atoms with van der Waals surface area (Å²) in [7, 11) is 0. The number of likely N-dealkylation sites (tertiary alicyclic amines) is 1. The Labute approximate surface area is 96.8 Å². The van der Waals surface area contributed by atoms with Gasteiger partial charge in [-0.15, -0.1) is 0 Å². The van der Waals surface area contributed by atoms with Gasteiger partial charge in [-0.3, -0.25) is 4.90 Å². The molecule has 88 valence electrons. The molecule has 3 rings (SSSR count). The lowest BCUT2D eigenvalue weighted by Crippen LogP contribution is -2.49. The van der Waals surface area contributed by atoms with Crippen molar-refractivity contribution < 1.29 is 4.42 Å². The third-order valence-corrected chi connectivity index (χ3v) is 4.12. The summed E-state index contributed by atoms with van der Waals surface area (Å²) in [6.07, 6.45) is 7.82. The fraction of sp³-hybridized carbons (Fsp3) is 0.769. The quantitative estimate of drug-likeness (QED) is 0.765. The first-order valence-electron chi connectivity index (χ1n) is 6.53. The van der Waals surface area contributed by atoms with Crippen LogP contribution in [0.4, 0.5) is 0 Å². The van der Waals surface area contributed by atoms with E-state index in [9.17, 15) is 0 Å². The van der Waals surface area contributed by atoms with E-state index >= 15 is 0 Å². The molecule has 1 fully saturated rings. The van der Waals surface area contributed by atoms with Crippen LogP contribution in [-0.2, 0) is 12.8 Å². The minimum absolute atomic E-state index is 0.717. The van der Waals surface area contributed by atoms with Gasteiger partial charge in [-0.05, 0) is 44.7 Å². The molecule has 1 saturated heterocycles. The van der Waals surface area contributed by atoms with Crippen molar-refractivity contribution >= 4 is 0 Å². The number of hydrogen-bond acceptors (Lipinski definition) is 3. The monoisotopic (exact) mass is 220 g/mol. The van der Waals surface area contributed by atoms with Gasteiger partial charge in [-0.25, -0.2) is 4.98 Å². The Kier molecular flexibility index (Phi) is 2.72. The molecule has 2 aliphatic rings. The number of piperidine rings is 1. The summed E-state index contributed by atoms with van der Waals surface area (Å²) < 4.78 is 5.49. The molecule has 2 atom stereocenters. The summed E-state index contributed by atoms with van der Waals surface area (Å²) in [5.41, 5.74) is 1.22. The average molecular weight is 220 g/mol. The van der Waals surface area contributed by atoms with Crippen LogP contribution in [0.5, 0.6) is 0 Å². The molecular weight excluding hydrogens is 200 g/mol. The molecule has 16 heavy (non-hydrogen) atoms. The molecule has 2 heterocycles. The molecule has 0 radical (unpaired) electrons. The minimum Gasteiger partial charge on any atom is -0.448 e. The molecule has 0 spiro atoms. The number of aromatic nitrogens is 1. The van der Waals surface area contributed by atoms with Gasteiger partial charge in [0.1, 0.15) is 5.76 Å². The van der Waals surface area contributed by atoms with Gasteiger partial charge in [0, 0.05) is 12.5 Å². The highest BCUT2D eigenvalue weighted by atomic mass is 16.3. The summed E-state index contributed by atoms with van der Waals surface area (Å²) in [4.78, 5) is 7.00. The van der Waals surface area contributed by atoms with E-state index in [4.69, 9.17) is 4.42 Å². The van der Waals surface area contributed by atoms with Crippen molar-refractivity contribution in [2.24, 2.45) is 5.92 Å². The van der Waals surface area contributed by atoms with Crippen molar-refractivity contribution in [2.75, 3.05) is 13.1 Å². The van der Waals surface area contributed by atoms with Crippen molar-refractivity contribution in [1.82, 2.24) is 9.88 Å². The Morgan fingerprint density at radius 3 is 3.31 bits per heavy atom. The van der Waals surface area contributed by atoms with Gasteiger partial charge >= 0.3 is 0 Å². The highest BCUT2D eigenvalue weighted by Gasteiger charge is 2.36. The number of oxazole rings is 1. The van der Waals surface area contributed by atoms with Crippen LogP contribution in [0.15, 0.2) is 10.8 Å². The molecule has 1 aliphatic heterocycles. The second-order valence-corrected chi connectivity index (χ2v) is 5.14. The van der Waals surface area contributed by atoms with Crippen molar-refractivity contribution in [3.63, 3.8) is 0 Å². The molecule has 1 aromatic heterocycles. The second-order valence-electron chi connectivity index (χ2n) is 5.14. The Hall–Kier alpha value is -0.830. The molecule has 3 heteroatoms. The van der Waals surface area contributed by atoms with Gasteiger partial charge in [-0.1, -0.05) is 6.92 Å². The lowest BCUT2D eigenvalue weighted by molar-refractivity contribution is 0.0798. The van der Waals surface area contributed by atoms with Crippen molar-refractivity contribution in [2.45, 2.75) is 45.1 Å². The molecule has 0 aromatic carbocycles. The van der Waals surface area contributed by atoms with E-state index < -0.39 is 0 Å². The predicted octanol–water partition coefficient (Wildman–Crippen LogP) is 2.26. The molecule has 0 bridgehead atoms. The maximum atomic E-state index is 5.49. The second kappa shape index (κ2) is 4.21. The number of fused-ring (bicyclic) bond motifs is 2. The van der Waals surface area contributed by atoms with Gasteiger partial charge in [0.05, 0.1) is 5.69 Å². The van der Waals surface area contributed by atoms with E-state index in [-0.39, 0.29) is 0 Å². The lowest BCUT2D eigenvalue weighted by Gasteiger charge is -2.43. The number of nitrogens with zero attached hydrogens (tertiary/aromatic N) is 2. The zero-order valence-electron chi connectivity index (χ0n) is 9.98. The summed E-state index contributed by atoms with van der Waals surface area (Å²) in [5.74, 6) is 1.96. The normalized spacial score (nSPS) is 29.8. The SMILES string of the molecule is CCCN1CCCC2Cc3ncoc3CC21. The largest absolute Gasteiger partial charge is 0.448 e. The van der Waals surface area contributed by atoms with Crippen molar-refractivity contribution in [3.8, 4) is 0 Å². The van der Waals surface area contributed by atoms with Crippen LogP contribution in [0, 0.1) is 5.92 Å². The molecule has 1 aliphatic carbocycles. The number of hydrogen-bond donors (Lipinski definition) is 0. The van der Waals surface area contributed by atoms with E-state index in [1.165, 1.54) is 38.0 Å². The summed E-state index contributed by atoms with van der Waals surface area (Å²) in [6, 6.07) is 0.717. The predicted molar refractivity (Wildman–Crippen MR) is 62.3 cm³/mol. The fourth-order valence-electron chi connectivity index (χ4n) is 3.38. The summed E-state index contributed by atoms with van der Waals surface area (Å²) in [6.45, 7) is 4.79. The Bertz CT molecular complexity index is 359. The molecule has 0 amide bonds. The lowest BCUT2D eigenvalue weighted by atomic mass is 9.79. The van der Waals surface area contributed by atoms with Gasteiger partial charge in [0.2, 0.25) is 0 Å². The van der Waals surface area contributed by atoms with Crippen LogP contribution >= 0.6 is 0 Å². The van der Waals surface area contributed by atoms with E-state index in [0.717, 1.165) is 24.5 Å². The highest BCUT2D eigenvalue weighted by molar-refractivity contribution is 5.16. The van der Waals surface area contributed by atoms with Crippen molar-refractivity contribution in [1.29, 1.82) is 0 Å². The maximum absolute atomic E-state index is 5.49. The Balaban J connectivity index is 1.81. The van der Waals surface area contributed by atoms with E-state index in [0.29, 0.717) is 6.04 Å². The van der Waals surface area contributed by atoms with Gasteiger partial charge in [0.25, 0.3) is 0 Å². The van der Waals surface area contributed by atoms with Crippen LogP contribution < -0.4 is 0 Å². The van der Waals surface area contributed by atoms with E-state index in [2.05, 4.69) is 16.8 Å². The third kappa shape index (κ3) is 1.67. The zero-order chi connectivity index (χ0) is 11.0. The van der Waals surface area contributed by atoms with Crippen LogP contribution in [0.1, 0.15) is 37.6 Å². The molecule has 2 unspecified atom stereocenters. The van der Waals surface area contributed by atoms with Crippen LogP contribution in [0.3, 0.4) is 0 Å². The smallest absolute Gasteiger partial charge is 0.181 e. The van der Waals surface area contributed by atoms with Crippen LogP contribution in [0.25, 0.3) is 0 Å². The maximum Gasteiger partial charge on any atom is 0.181 e. The molecule has 0 N–H and O–H groups in total. The summed E-state index contributed by atoms with van der Waals surface area (Å²) >= 11 is 0. The first-order chi connectivity index (χ1) is 7.88. The topological polar surface area (TPSA) is 29.3 Å². The van der Waals surface area contributed by atoms with E-state index in [1.54, 1.807) is 6.39 Å². The minimum atomic E-state index is 0.717. The highest BCUT2D eigenvalue weighted by Crippen LogP contribution is 2.34. The zero-order valence-corrected chi connectivity index (χ0v) is 9.98. The summed E-state index contributed by atoms with van der Waals surface area (Å²) in [5, 5.41) is 0. The Morgan fingerprint density at radius 1 is 1.50 bits per heavy atom. The van der Waals surface area contributed by atoms with Crippen molar-refractivity contribution in [3.05, 3.63) is 17.8 Å². The number of rotatable bonds is 2. The van der Waals surface area contributed by atoms with Gasteiger partial charge in [-0.2, -0.15) is 0 Å². The first kappa shape index (κ1) is 10.3. The third-order valence-electron chi connectivity index (χ3n) is 4.12. The average Bonchev–Trinajstić information content (AvgIpc) is 2.74. The standard InChI is InChI=1S/C13H20N2O/c1-2-5-15-6-3-4-10-7-11-13(8-12(10)15)16-9-14-11/h9-10,12H,2-8H2,1H3. The van der Waals surface area contributed by atoms with Crippen LogP contribution in [-0.4, -0.2) is 29.0 Å². The first-order valence-corrected chi connectivity index (χ1v) is 6.53. The molecular formula is C13H20N2O.